The number of hydrogen-bond donors (Lipinski definition) is 2. The number of carboxylic acid groups (broad SMARTS) is 1. The zero-order valence-electron chi connectivity index (χ0n) is 11.9. The highest BCUT2D eigenvalue weighted by Gasteiger charge is 2.27. The predicted octanol–water partition coefficient (Wildman–Crippen LogP) is 1.10. The standard InChI is InChI=1S/C14H19N3O4/c1-21-12-6-11(4-5-15-12)7-16-14(20)17(9-13(18)19)8-10-2-3-10/h4-6,10H,2-3,7-9H2,1H3,(H,16,20)(H,18,19). The highest BCUT2D eigenvalue weighted by molar-refractivity contribution is 5.80. The van der Waals surface area contributed by atoms with E-state index in [1.807, 2.05) is 0 Å². The van der Waals surface area contributed by atoms with Crippen molar-refractivity contribution in [3.05, 3.63) is 23.9 Å². The lowest BCUT2D eigenvalue weighted by molar-refractivity contribution is -0.137. The number of nitrogens with one attached hydrogen (secondary N) is 1. The molecule has 0 unspecified atom stereocenters. The maximum absolute atomic E-state index is 12.1. The van der Waals surface area contributed by atoms with E-state index >= 15 is 0 Å². The van der Waals surface area contributed by atoms with Gasteiger partial charge in [-0.25, -0.2) is 9.78 Å². The smallest absolute Gasteiger partial charge is 0.323 e. The Bertz CT molecular complexity index is 517. The Labute approximate surface area is 122 Å². The summed E-state index contributed by atoms with van der Waals surface area (Å²) in [6, 6.07) is 3.13. The minimum atomic E-state index is -1.00. The van der Waals surface area contributed by atoms with Crippen molar-refractivity contribution in [2.45, 2.75) is 19.4 Å². The van der Waals surface area contributed by atoms with Crippen LogP contribution in [0.25, 0.3) is 0 Å². The molecule has 1 fully saturated rings. The normalized spacial score (nSPS) is 13.6. The number of pyridine rings is 1. The van der Waals surface area contributed by atoms with Crippen molar-refractivity contribution in [2.75, 3.05) is 20.2 Å². The number of aliphatic carboxylic acids is 1. The lowest BCUT2D eigenvalue weighted by atomic mass is 10.2. The van der Waals surface area contributed by atoms with E-state index in [1.54, 1.807) is 18.3 Å². The molecule has 0 bridgehead atoms. The molecule has 0 aliphatic heterocycles. The van der Waals surface area contributed by atoms with Crippen LogP contribution in [0.15, 0.2) is 18.3 Å². The summed E-state index contributed by atoms with van der Waals surface area (Å²) >= 11 is 0. The minimum Gasteiger partial charge on any atom is -0.481 e. The average molecular weight is 293 g/mol. The second-order valence-electron chi connectivity index (χ2n) is 5.08. The van der Waals surface area contributed by atoms with E-state index < -0.39 is 5.97 Å². The van der Waals surface area contributed by atoms with Crippen molar-refractivity contribution >= 4 is 12.0 Å². The molecule has 2 N–H and O–H groups in total. The Hall–Kier alpha value is -2.31. The molecule has 0 atom stereocenters. The Balaban J connectivity index is 1.89. The van der Waals surface area contributed by atoms with Gasteiger partial charge in [0.1, 0.15) is 6.54 Å². The number of carbonyl (C=O) groups is 2. The van der Waals surface area contributed by atoms with Crippen LogP contribution in [0.2, 0.25) is 0 Å². The third-order valence-corrected chi connectivity index (χ3v) is 3.24. The van der Waals surface area contributed by atoms with Gasteiger partial charge in [-0.15, -0.1) is 0 Å². The molecule has 0 aromatic carbocycles. The Morgan fingerprint density at radius 1 is 1.52 bits per heavy atom. The zero-order valence-corrected chi connectivity index (χ0v) is 11.9. The SMILES string of the molecule is COc1cc(CNC(=O)N(CC(=O)O)CC2CC2)ccn1. The molecule has 0 saturated heterocycles. The van der Waals surface area contributed by atoms with E-state index in [-0.39, 0.29) is 12.6 Å². The van der Waals surface area contributed by atoms with E-state index in [2.05, 4.69) is 10.3 Å². The number of aromatic nitrogens is 1. The molecule has 1 aromatic rings. The number of urea groups is 1. The predicted molar refractivity (Wildman–Crippen MR) is 75.0 cm³/mol. The van der Waals surface area contributed by atoms with E-state index in [0.717, 1.165) is 18.4 Å². The summed E-state index contributed by atoms with van der Waals surface area (Å²) in [5.74, 6) is -0.0883. The van der Waals surface area contributed by atoms with Gasteiger partial charge in [-0.3, -0.25) is 4.79 Å². The average Bonchev–Trinajstić information content (AvgIpc) is 3.28. The van der Waals surface area contributed by atoms with E-state index in [0.29, 0.717) is 24.9 Å². The zero-order chi connectivity index (χ0) is 15.2. The van der Waals surface area contributed by atoms with Gasteiger partial charge in [0.25, 0.3) is 0 Å². The lowest BCUT2D eigenvalue weighted by Crippen LogP contribution is -2.43. The van der Waals surface area contributed by atoms with Crippen molar-refractivity contribution in [1.82, 2.24) is 15.2 Å². The first-order valence-electron chi connectivity index (χ1n) is 6.82. The number of nitrogens with zero attached hydrogens (tertiary/aromatic N) is 2. The summed E-state index contributed by atoms with van der Waals surface area (Å²) < 4.78 is 5.01. The number of hydrogen-bond acceptors (Lipinski definition) is 4. The molecule has 0 spiro atoms. The van der Waals surface area contributed by atoms with Crippen LogP contribution in [0.5, 0.6) is 5.88 Å². The summed E-state index contributed by atoms with van der Waals surface area (Å²) in [7, 11) is 1.52. The van der Waals surface area contributed by atoms with Crippen LogP contribution in [-0.4, -0.2) is 47.2 Å². The van der Waals surface area contributed by atoms with Gasteiger partial charge in [-0.2, -0.15) is 0 Å². The molecule has 1 saturated carbocycles. The summed E-state index contributed by atoms with van der Waals surface area (Å²) in [5, 5.41) is 11.6. The summed E-state index contributed by atoms with van der Waals surface area (Å²) in [6.07, 6.45) is 3.72. The number of methoxy groups -OCH3 is 1. The first-order chi connectivity index (χ1) is 10.1. The monoisotopic (exact) mass is 293 g/mol. The van der Waals surface area contributed by atoms with E-state index in [9.17, 15) is 9.59 Å². The molecule has 1 aromatic heterocycles. The first kappa shape index (κ1) is 15.1. The maximum Gasteiger partial charge on any atom is 0.323 e. The topological polar surface area (TPSA) is 91.8 Å². The summed E-state index contributed by atoms with van der Waals surface area (Å²) in [6.45, 7) is 0.526. The third-order valence-electron chi connectivity index (χ3n) is 3.24. The summed E-state index contributed by atoms with van der Waals surface area (Å²) in [5.41, 5.74) is 0.844. The number of carbonyl (C=O) groups excluding carboxylic acids is 1. The van der Waals surface area contributed by atoms with E-state index in [1.165, 1.54) is 12.0 Å². The molecule has 21 heavy (non-hydrogen) atoms. The second kappa shape index (κ2) is 6.92. The third kappa shape index (κ3) is 4.94. The molecule has 1 heterocycles. The largest absolute Gasteiger partial charge is 0.481 e. The fourth-order valence-corrected chi connectivity index (χ4v) is 1.96. The van der Waals surface area contributed by atoms with Gasteiger partial charge in [0.2, 0.25) is 5.88 Å². The van der Waals surface area contributed by atoms with Gasteiger partial charge < -0.3 is 20.1 Å². The van der Waals surface area contributed by atoms with Crippen LogP contribution in [-0.2, 0) is 11.3 Å². The molecule has 2 rings (SSSR count). The molecule has 0 radical (unpaired) electrons. The number of amides is 2. The molecule has 7 nitrogen and oxygen atoms in total. The molecular weight excluding hydrogens is 274 g/mol. The number of carboxylic acids is 1. The maximum atomic E-state index is 12.1. The Morgan fingerprint density at radius 2 is 2.29 bits per heavy atom. The van der Waals surface area contributed by atoms with Gasteiger partial charge in [0, 0.05) is 25.4 Å². The van der Waals surface area contributed by atoms with Crippen LogP contribution in [0.4, 0.5) is 4.79 Å². The van der Waals surface area contributed by atoms with Crippen LogP contribution < -0.4 is 10.1 Å². The van der Waals surface area contributed by atoms with Crippen molar-refractivity contribution in [3.8, 4) is 5.88 Å². The fourth-order valence-electron chi connectivity index (χ4n) is 1.96. The van der Waals surface area contributed by atoms with Gasteiger partial charge in [-0.1, -0.05) is 0 Å². The molecule has 1 aliphatic rings. The summed E-state index contributed by atoms with van der Waals surface area (Å²) in [4.78, 5) is 28.2. The molecule has 7 heteroatoms. The van der Waals surface area contributed by atoms with Crippen LogP contribution in [0.3, 0.4) is 0 Å². The van der Waals surface area contributed by atoms with Crippen molar-refractivity contribution in [2.24, 2.45) is 5.92 Å². The Morgan fingerprint density at radius 3 is 2.90 bits per heavy atom. The second-order valence-corrected chi connectivity index (χ2v) is 5.08. The van der Waals surface area contributed by atoms with Crippen molar-refractivity contribution < 1.29 is 19.4 Å². The van der Waals surface area contributed by atoms with Gasteiger partial charge >= 0.3 is 12.0 Å². The van der Waals surface area contributed by atoms with Gasteiger partial charge in [0.15, 0.2) is 0 Å². The highest BCUT2D eigenvalue weighted by atomic mass is 16.5. The van der Waals surface area contributed by atoms with Gasteiger partial charge in [0.05, 0.1) is 7.11 Å². The number of ether oxygens (including phenoxy) is 1. The van der Waals surface area contributed by atoms with Gasteiger partial charge in [-0.05, 0) is 30.4 Å². The van der Waals surface area contributed by atoms with Crippen molar-refractivity contribution in [3.63, 3.8) is 0 Å². The molecule has 1 aliphatic carbocycles. The molecular formula is C14H19N3O4. The van der Waals surface area contributed by atoms with E-state index in [4.69, 9.17) is 9.84 Å². The molecule has 2 amide bonds. The lowest BCUT2D eigenvalue weighted by Gasteiger charge is -2.21. The van der Waals surface area contributed by atoms with Crippen LogP contribution in [0, 0.1) is 5.92 Å². The van der Waals surface area contributed by atoms with Crippen LogP contribution in [0.1, 0.15) is 18.4 Å². The van der Waals surface area contributed by atoms with Crippen LogP contribution >= 0.6 is 0 Å². The Kier molecular flexibility index (Phi) is 4.97. The molecule has 114 valence electrons. The minimum absolute atomic E-state index is 0.276. The van der Waals surface area contributed by atoms with Crippen molar-refractivity contribution in [1.29, 1.82) is 0 Å². The fraction of sp³-hybridized carbons (Fsp3) is 0.500. The highest BCUT2D eigenvalue weighted by Crippen LogP contribution is 2.29. The first-order valence-corrected chi connectivity index (χ1v) is 6.82. The quantitative estimate of drug-likeness (QED) is 0.785. The number of rotatable bonds is 7.